The summed E-state index contributed by atoms with van der Waals surface area (Å²) in [6, 6.07) is 4.05. The highest BCUT2D eigenvalue weighted by atomic mass is 35.5. The lowest BCUT2D eigenvalue weighted by atomic mass is 10.2. The first-order valence-corrected chi connectivity index (χ1v) is 6.07. The van der Waals surface area contributed by atoms with Crippen LogP contribution in [0.3, 0.4) is 0 Å². The van der Waals surface area contributed by atoms with Gasteiger partial charge in [0.05, 0.1) is 17.7 Å². The van der Waals surface area contributed by atoms with E-state index in [0.29, 0.717) is 22.3 Å². The van der Waals surface area contributed by atoms with Gasteiger partial charge in [-0.15, -0.1) is 0 Å². The quantitative estimate of drug-likeness (QED) is 0.674. The predicted octanol–water partition coefficient (Wildman–Crippen LogP) is 2.05. The number of benzene rings is 1. The molecule has 106 valence electrons. The van der Waals surface area contributed by atoms with Gasteiger partial charge in [0.15, 0.2) is 0 Å². The second kappa shape index (κ2) is 5.89. The molecule has 2 aromatic rings. The minimum Gasteiger partial charge on any atom is -0.485 e. The first-order chi connectivity index (χ1) is 9.52. The maximum Gasteiger partial charge on any atom is 0.270 e. The van der Waals surface area contributed by atoms with Crippen molar-refractivity contribution in [3.8, 4) is 5.75 Å². The number of rotatable bonds is 5. The van der Waals surface area contributed by atoms with Crippen LogP contribution in [-0.4, -0.2) is 19.6 Å². The Bertz CT molecular complexity index is 642. The van der Waals surface area contributed by atoms with Crippen LogP contribution in [0.5, 0.6) is 5.75 Å². The third kappa shape index (κ3) is 2.89. The largest absolute Gasteiger partial charge is 0.485 e. The lowest BCUT2D eigenvalue weighted by molar-refractivity contribution is -0.385. The number of halogens is 1. The van der Waals surface area contributed by atoms with Crippen molar-refractivity contribution in [2.24, 2.45) is 7.05 Å². The van der Waals surface area contributed by atoms with Gasteiger partial charge < -0.3 is 14.4 Å². The van der Waals surface area contributed by atoms with E-state index in [1.165, 1.54) is 24.4 Å². The lowest BCUT2D eigenvalue weighted by Gasteiger charge is -2.10. The minimum atomic E-state index is -0.526. The normalized spacial score (nSPS) is 10.6. The molecule has 0 saturated carbocycles. The third-order valence-electron chi connectivity index (χ3n) is 2.81. The highest BCUT2D eigenvalue weighted by Gasteiger charge is 2.12. The van der Waals surface area contributed by atoms with Crippen molar-refractivity contribution in [3.05, 3.63) is 51.1 Å². The summed E-state index contributed by atoms with van der Waals surface area (Å²) < 4.78 is 7.18. The molecule has 7 nitrogen and oxygen atoms in total. The zero-order valence-electron chi connectivity index (χ0n) is 10.6. The van der Waals surface area contributed by atoms with Gasteiger partial charge in [-0.2, -0.15) is 0 Å². The average molecular weight is 298 g/mol. The second-order valence-electron chi connectivity index (χ2n) is 4.05. The summed E-state index contributed by atoms with van der Waals surface area (Å²) >= 11 is 5.86. The molecule has 1 N–H and O–H groups in total. The molecule has 0 bridgehead atoms. The topological polar surface area (TPSA) is 90.4 Å². The van der Waals surface area contributed by atoms with Gasteiger partial charge in [-0.25, -0.2) is 4.98 Å². The molecule has 1 aromatic carbocycles. The van der Waals surface area contributed by atoms with Gasteiger partial charge >= 0.3 is 0 Å². The second-order valence-corrected chi connectivity index (χ2v) is 4.44. The molecule has 8 heteroatoms. The van der Waals surface area contributed by atoms with E-state index in [1.807, 2.05) is 0 Å². The van der Waals surface area contributed by atoms with Crippen LogP contribution in [0.15, 0.2) is 24.4 Å². The summed E-state index contributed by atoms with van der Waals surface area (Å²) in [6.07, 6.45) is 1.50. The van der Waals surface area contributed by atoms with Crippen molar-refractivity contribution in [2.45, 2.75) is 13.2 Å². The molecule has 0 saturated heterocycles. The highest BCUT2D eigenvalue weighted by Crippen LogP contribution is 2.25. The van der Waals surface area contributed by atoms with E-state index in [0.717, 1.165) is 0 Å². The Morgan fingerprint density at radius 2 is 2.30 bits per heavy atom. The molecular weight excluding hydrogens is 286 g/mol. The Kier molecular flexibility index (Phi) is 4.21. The van der Waals surface area contributed by atoms with Crippen LogP contribution in [-0.2, 0) is 20.3 Å². The van der Waals surface area contributed by atoms with Crippen LogP contribution in [0.25, 0.3) is 0 Å². The van der Waals surface area contributed by atoms with Gasteiger partial charge in [-0.1, -0.05) is 11.6 Å². The van der Waals surface area contributed by atoms with E-state index in [1.54, 1.807) is 11.6 Å². The molecular formula is C12H12ClN3O4. The number of non-ortho nitro benzene ring substituents is 1. The van der Waals surface area contributed by atoms with Crippen LogP contribution < -0.4 is 4.74 Å². The Hall–Kier alpha value is -2.12. The van der Waals surface area contributed by atoms with Crippen molar-refractivity contribution in [3.63, 3.8) is 0 Å². The number of hydrogen-bond donors (Lipinski definition) is 1. The Morgan fingerprint density at radius 1 is 1.55 bits per heavy atom. The van der Waals surface area contributed by atoms with Gasteiger partial charge in [-0.05, 0) is 6.07 Å². The number of nitro benzene ring substituents is 1. The van der Waals surface area contributed by atoms with Gasteiger partial charge in [0.2, 0.25) is 0 Å². The van der Waals surface area contributed by atoms with E-state index >= 15 is 0 Å². The van der Waals surface area contributed by atoms with Crippen molar-refractivity contribution in [1.82, 2.24) is 9.55 Å². The van der Waals surface area contributed by atoms with Gasteiger partial charge in [0, 0.05) is 24.7 Å². The summed E-state index contributed by atoms with van der Waals surface area (Å²) in [6.45, 7) is -0.202. The Balaban J connectivity index is 2.17. The fourth-order valence-electron chi connectivity index (χ4n) is 1.64. The molecule has 0 spiro atoms. The van der Waals surface area contributed by atoms with E-state index in [-0.39, 0.29) is 18.9 Å². The van der Waals surface area contributed by atoms with Crippen LogP contribution in [0.2, 0.25) is 5.15 Å². The van der Waals surface area contributed by atoms with Gasteiger partial charge in [0.25, 0.3) is 5.69 Å². The van der Waals surface area contributed by atoms with Gasteiger partial charge in [-0.3, -0.25) is 10.1 Å². The van der Waals surface area contributed by atoms with Crippen LogP contribution in [0.4, 0.5) is 5.69 Å². The maximum atomic E-state index is 10.7. The van der Waals surface area contributed by atoms with E-state index in [4.69, 9.17) is 16.3 Å². The Labute approximate surface area is 119 Å². The van der Waals surface area contributed by atoms with E-state index in [9.17, 15) is 15.2 Å². The number of imidazole rings is 1. The van der Waals surface area contributed by atoms with Crippen molar-refractivity contribution in [1.29, 1.82) is 0 Å². The predicted molar refractivity (Wildman–Crippen MR) is 71.6 cm³/mol. The highest BCUT2D eigenvalue weighted by molar-refractivity contribution is 6.29. The number of aliphatic hydroxyl groups is 1. The SMILES string of the molecule is Cn1c(Cl)cnc1COc1ccc([N+](=O)[O-])cc1CO. The number of nitrogens with zero attached hydrogens (tertiary/aromatic N) is 3. The molecule has 1 heterocycles. The average Bonchev–Trinajstić information content (AvgIpc) is 2.76. The molecule has 20 heavy (non-hydrogen) atoms. The summed E-state index contributed by atoms with van der Waals surface area (Å²) in [5.41, 5.74) is 0.251. The summed E-state index contributed by atoms with van der Waals surface area (Å²) in [7, 11) is 1.75. The summed E-state index contributed by atoms with van der Waals surface area (Å²) in [5.74, 6) is 0.981. The van der Waals surface area contributed by atoms with Crippen LogP contribution >= 0.6 is 11.6 Å². The van der Waals surface area contributed by atoms with Gasteiger partial charge in [0.1, 0.15) is 23.3 Å². The zero-order chi connectivity index (χ0) is 14.7. The molecule has 0 unspecified atom stereocenters. The number of hydrogen-bond acceptors (Lipinski definition) is 5. The van der Waals surface area contributed by atoms with Crippen LogP contribution in [0, 0.1) is 10.1 Å². The molecule has 0 aliphatic heterocycles. The summed E-state index contributed by atoms with van der Waals surface area (Å²) in [4.78, 5) is 14.2. The summed E-state index contributed by atoms with van der Waals surface area (Å²) in [5, 5.41) is 20.4. The molecule has 0 fully saturated rings. The molecule has 2 rings (SSSR count). The standard InChI is InChI=1S/C12H12ClN3O4/c1-15-11(13)5-14-12(15)7-20-10-3-2-9(16(18)19)4-8(10)6-17/h2-5,17H,6-7H2,1H3. The number of aliphatic hydroxyl groups excluding tert-OH is 1. The molecule has 0 amide bonds. The number of aromatic nitrogens is 2. The van der Waals surface area contributed by atoms with Crippen molar-refractivity contribution < 1.29 is 14.8 Å². The molecule has 1 aromatic heterocycles. The van der Waals surface area contributed by atoms with E-state index in [2.05, 4.69) is 4.98 Å². The number of ether oxygens (including phenoxy) is 1. The van der Waals surface area contributed by atoms with Crippen molar-refractivity contribution >= 4 is 17.3 Å². The minimum absolute atomic E-state index is 0.0959. The van der Waals surface area contributed by atoms with E-state index < -0.39 is 4.92 Å². The molecule has 0 atom stereocenters. The third-order valence-corrected chi connectivity index (χ3v) is 3.16. The monoisotopic (exact) mass is 297 g/mol. The lowest BCUT2D eigenvalue weighted by Crippen LogP contribution is -2.05. The smallest absolute Gasteiger partial charge is 0.270 e. The maximum absolute atomic E-state index is 10.7. The first kappa shape index (κ1) is 14.3. The van der Waals surface area contributed by atoms with Crippen LogP contribution in [0.1, 0.15) is 11.4 Å². The zero-order valence-corrected chi connectivity index (χ0v) is 11.4. The number of nitro groups is 1. The Morgan fingerprint density at radius 3 is 2.85 bits per heavy atom. The molecule has 0 radical (unpaired) electrons. The first-order valence-electron chi connectivity index (χ1n) is 5.70. The molecule has 0 aliphatic rings. The van der Waals surface area contributed by atoms with Crippen molar-refractivity contribution in [2.75, 3.05) is 0 Å². The fraction of sp³-hybridized carbons (Fsp3) is 0.250. The fourth-order valence-corrected chi connectivity index (χ4v) is 1.79. The molecule has 0 aliphatic carbocycles.